The second kappa shape index (κ2) is 9.90. The monoisotopic (exact) mass is 400 g/mol. The van der Waals surface area contributed by atoms with E-state index in [9.17, 15) is 14.4 Å². The molecule has 2 fully saturated rings. The van der Waals surface area contributed by atoms with Gasteiger partial charge in [0.15, 0.2) is 6.61 Å². The Bertz CT molecular complexity index is 740. The maximum Gasteiger partial charge on any atom is 0.309 e. The second-order valence-corrected chi connectivity index (χ2v) is 8.42. The van der Waals surface area contributed by atoms with Crippen molar-refractivity contribution in [3.63, 3.8) is 0 Å². The van der Waals surface area contributed by atoms with Crippen LogP contribution in [-0.4, -0.2) is 48.4 Å². The number of nitrogens with zero attached hydrogens (tertiary/aromatic N) is 1. The van der Waals surface area contributed by atoms with Crippen molar-refractivity contribution in [2.75, 3.05) is 19.7 Å². The highest BCUT2D eigenvalue weighted by molar-refractivity contribution is 5.95. The number of aryl methyl sites for hydroxylation is 1. The van der Waals surface area contributed by atoms with Gasteiger partial charge in [-0.3, -0.25) is 14.4 Å². The number of carbonyl (C=O) groups is 3. The molecule has 0 radical (unpaired) electrons. The Labute approximate surface area is 173 Å². The predicted octanol–water partition coefficient (Wildman–Crippen LogP) is 3.09. The first-order valence-corrected chi connectivity index (χ1v) is 10.8. The molecule has 1 aliphatic heterocycles. The van der Waals surface area contributed by atoms with Gasteiger partial charge in [0.2, 0.25) is 0 Å². The van der Waals surface area contributed by atoms with Crippen LogP contribution in [0.1, 0.15) is 61.4 Å². The van der Waals surface area contributed by atoms with Gasteiger partial charge in [0, 0.05) is 24.7 Å². The summed E-state index contributed by atoms with van der Waals surface area (Å²) in [6, 6.07) is 7.73. The number of benzene rings is 1. The van der Waals surface area contributed by atoms with E-state index >= 15 is 0 Å². The summed E-state index contributed by atoms with van der Waals surface area (Å²) in [5.41, 5.74) is 1.67. The smallest absolute Gasteiger partial charge is 0.309 e. The van der Waals surface area contributed by atoms with E-state index in [4.69, 9.17) is 4.74 Å². The molecule has 0 unspecified atom stereocenters. The highest BCUT2D eigenvalue weighted by Crippen LogP contribution is 2.24. The molecule has 0 bridgehead atoms. The van der Waals surface area contributed by atoms with E-state index < -0.39 is 0 Å². The number of likely N-dealkylation sites (tertiary alicyclic amines) is 1. The fourth-order valence-electron chi connectivity index (χ4n) is 4.34. The number of rotatable bonds is 5. The summed E-state index contributed by atoms with van der Waals surface area (Å²) in [4.78, 5) is 39.0. The van der Waals surface area contributed by atoms with Crippen LogP contribution in [0.3, 0.4) is 0 Å². The van der Waals surface area contributed by atoms with Crippen molar-refractivity contribution in [3.8, 4) is 0 Å². The number of esters is 1. The van der Waals surface area contributed by atoms with Crippen LogP contribution in [0.2, 0.25) is 0 Å². The zero-order chi connectivity index (χ0) is 20.8. The molecule has 1 saturated carbocycles. The topological polar surface area (TPSA) is 75.7 Å². The Kier molecular flexibility index (Phi) is 7.29. The van der Waals surface area contributed by atoms with E-state index in [-0.39, 0.29) is 36.4 Å². The van der Waals surface area contributed by atoms with Gasteiger partial charge in [-0.1, -0.05) is 38.0 Å². The summed E-state index contributed by atoms with van der Waals surface area (Å²) >= 11 is 0. The zero-order valence-electron chi connectivity index (χ0n) is 17.5. The van der Waals surface area contributed by atoms with Gasteiger partial charge in [0.1, 0.15) is 0 Å². The summed E-state index contributed by atoms with van der Waals surface area (Å²) in [5, 5.41) is 3.00. The average molecular weight is 401 g/mol. The number of nitrogens with one attached hydrogen (secondary N) is 1. The highest BCUT2D eigenvalue weighted by atomic mass is 16.5. The maximum atomic E-state index is 12.7. The molecule has 158 valence electrons. The van der Waals surface area contributed by atoms with Crippen molar-refractivity contribution < 1.29 is 19.1 Å². The van der Waals surface area contributed by atoms with E-state index in [1.165, 1.54) is 6.42 Å². The Morgan fingerprint density at radius 2 is 1.76 bits per heavy atom. The fraction of sp³-hybridized carbons (Fsp3) is 0.609. The van der Waals surface area contributed by atoms with Crippen molar-refractivity contribution in [2.45, 2.75) is 58.4 Å². The summed E-state index contributed by atoms with van der Waals surface area (Å²) in [7, 11) is 0. The lowest BCUT2D eigenvalue weighted by Crippen LogP contribution is -2.44. The Morgan fingerprint density at radius 3 is 2.45 bits per heavy atom. The number of ether oxygens (including phenoxy) is 1. The lowest BCUT2D eigenvalue weighted by atomic mass is 9.86. The molecule has 0 aromatic heterocycles. The Morgan fingerprint density at radius 1 is 1.07 bits per heavy atom. The third kappa shape index (κ3) is 5.58. The van der Waals surface area contributed by atoms with Crippen LogP contribution in [0, 0.1) is 18.8 Å². The fourth-order valence-corrected chi connectivity index (χ4v) is 4.34. The third-order valence-electron chi connectivity index (χ3n) is 6.29. The van der Waals surface area contributed by atoms with Gasteiger partial charge in [0.05, 0.1) is 5.92 Å². The molecule has 0 spiro atoms. The van der Waals surface area contributed by atoms with Gasteiger partial charge in [-0.2, -0.15) is 0 Å². The van der Waals surface area contributed by atoms with Gasteiger partial charge in [0.25, 0.3) is 11.8 Å². The standard InChI is InChI=1S/C23H32N2O4/c1-16-7-3-5-9-19(16)22(27)25-13-11-18(12-14-25)23(28)29-15-21(26)24-20-10-6-4-8-17(20)2/h3,5,7,9,17-18,20H,4,6,8,10-15H2,1-2H3,(H,24,26)/t17-,20-/m0/s1. The van der Waals surface area contributed by atoms with Crippen LogP contribution in [-0.2, 0) is 14.3 Å². The molecule has 1 aromatic carbocycles. The number of hydrogen-bond donors (Lipinski definition) is 1. The maximum absolute atomic E-state index is 12.7. The zero-order valence-corrected chi connectivity index (χ0v) is 17.5. The minimum atomic E-state index is -0.333. The van der Waals surface area contributed by atoms with Gasteiger partial charge in [-0.25, -0.2) is 0 Å². The first kappa shape index (κ1) is 21.3. The summed E-state index contributed by atoms with van der Waals surface area (Å²) in [6.07, 6.45) is 5.61. The van der Waals surface area contributed by atoms with E-state index in [1.54, 1.807) is 4.90 Å². The molecule has 2 atom stereocenters. The Balaban J connectivity index is 1.41. The summed E-state index contributed by atoms with van der Waals surface area (Å²) in [6.45, 7) is 4.92. The normalized spacial score (nSPS) is 22.8. The van der Waals surface area contributed by atoms with Crippen molar-refractivity contribution in [3.05, 3.63) is 35.4 Å². The van der Waals surface area contributed by atoms with Crippen LogP contribution < -0.4 is 5.32 Å². The number of piperidine rings is 1. The van der Waals surface area contributed by atoms with Crippen molar-refractivity contribution >= 4 is 17.8 Å². The van der Waals surface area contributed by atoms with Crippen LogP contribution in [0.15, 0.2) is 24.3 Å². The second-order valence-electron chi connectivity index (χ2n) is 8.42. The minimum Gasteiger partial charge on any atom is -0.455 e. The Hall–Kier alpha value is -2.37. The molecule has 29 heavy (non-hydrogen) atoms. The molecule has 1 saturated heterocycles. The molecule has 1 heterocycles. The first-order chi connectivity index (χ1) is 14.0. The molecule has 2 amide bonds. The lowest BCUT2D eigenvalue weighted by molar-refractivity contribution is -0.154. The lowest BCUT2D eigenvalue weighted by Gasteiger charge is -2.31. The largest absolute Gasteiger partial charge is 0.455 e. The molecular weight excluding hydrogens is 368 g/mol. The molecule has 1 N–H and O–H groups in total. The molecule has 2 aliphatic rings. The van der Waals surface area contributed by atoms with Crippen molar-refractivity contribution in [2.24, 2.45) is 11.8 Å². The minimum absolute atomic E-state index is 0.0101. The van der Waals surface area contributed by atoms with Gasteiger partial charge < -0.3 is 15.0 Å². The SMILES string of the molecule is Cc1ccccc1C(=O)N1CCC(C(=O)OCC(=O)N[C@H]2CCCC[C@@H]2C)CC1. The summed E-state index contributed by atoms with van der Waals surface area (Å²) in [5.74, 6) is -0.323. The van der Waals surface area contributed by atoms with E-state index in [0.717, 1.165) is 24.8 Å². The van der Waals surface area contributed by atoms with Gasteiger partial charge in [-0.15, -0.1) is 0 Å². The number of carbonyl (C=O) groups excluding carboxylic acids is 3. The van der Waals surface area contributed by atoms with Crippen molar-refractivity contribution in [1.29, 1.82) is 0 Å². The van der Waals surface area contributed by atoms with Crippen LogP contribution >= 0.6 is 0 Å². The molecule has 6 nitrogen and oxygen atoms in total. The first-order valence-electron chi connectivity index (χ1n) is 10.8. The van der Waals surface area contributed by atoms with Crippen LogP contribution in [0.4, 0.5) is 0 Å². The van der Waals surface area contributed by atoms with E-state index in [1.807, 2.05) is 31.2 Å². The molecule has 1 aromatic rings. The molecule has 1 aliphatic carbocycles. The van der Waals surface area contributed by atoms with E-state index in [2.05, 4.69) is 12.2 Å². The summed E-state index contributed by atoms with van der Waals surface area (Å²) < 4.78 is 5.27. The highest BCUT2D eigenvalue weighted by Gasteiger charge is 2.30. The molecule has 6 heteroatoms. The van der Waals surface area contributed by atoms with Gasteiger partial charge in [-0.05, 0) is 50.2 Å². The van der Waals surface area contributed by atoms with Crippen LogP contribution in [0.25, 0.3) is 0 Å². The number of hydrogen-bond acceptors (Lipinski definition) is 4. The number of amides is 2. The van der Waals surface area contributed by atoms with Crippen LogP contribution in [0.5, 0.6) is 0 Å². The molecular formula is C23H32N2O4. The quantitative estimate of drug-likeness (QED) is 0.771. The van der Waals surface area contributed by atoms with E-state index in [0.29, 0.717) is 37.4 Å². The van der Waals surface area contributed by atoms with Crippen molar-refractivity contribution in [1.82, 2.24) is 10.2 Å². The average Bonchev–Trinajstić information content (AvgIpc) is 2.73. The van der Waals surface area contributed by atoms with Gasteiger partial charge >= 0.3 is 5.97 Å². The third-order valence-corrected chi connectivity index (χ3v) is 6.29. The molecule has 3 rings (SSSR count). The predicted molar refractivity (Wildman–Crippen MR) is 110 cm³/mol.